The summed E-state index contributed by atoms with van der Waals surface area (Å²) < 4.78 is 101. The number of likely N-dealkylation sites (tertiary alicyclic amines) is 1. The van der Waals surface area contributed by atoms with Crippen LogP contribution in [0.4, 0.5) is 30.7 Å². The van der Waals surface area contributed by atoms with Crippen molar-refractivity contribution in [1.82, 2.24) is 4.90 Å². The van der Waals surface area contributed by atoms with Crippen molar-refractivity contribution in [3.63, 3.8) is 0 Å². The molecule has 0 saturated carbocycles. The SMILES string of the molecule is CCCc1cc(C(O)(C(F)(F)F)C(F)(F)F)cc(CCC)c1OCCCCN1C(=O)[C@H](C)C(C)(c2ccc(F)c(S)c2)C1=O. The Labute approximate surface area is 257 Å². The van der Waals surface area contributed by atoms with Crippen molar-refractivity contribution in [2.45, 2.75) is 94.5 Å². The molecule has 1 aliphatic rings. The summed E-state index contributed by atoms with van der Waals surface area (Å²) in [7, 11) is 0. The van der Waals surface area contributed by atoms with Crippen LogP contribution < -0.4 is 4.74 Å². The number of alkyl halides is 6. The van der Waals surface area contributed by atoms with Crippen molar-refractivity contribution in [2.24, 2.45) is 5.92 Å². The monoisotopic (exact) mass is 651 g/mol. The number of amides is 2. The van der Waals surface area contributed by atoms with Crippen molar-refractivity contribution < 1.29 is 50.2 Å². The van der Waals surface area contributed by atoms with Crippen molar-refractivity contribution in [3.8, 4) is 5.75 Å². The number of unbranched alkanes of at least 4 members (excludes halogenated alkanes) is 1. The Balaban J connectivity index is 1.78. The van der Waals surface area contributed by atoms with E-state index in [0.29, 0.717) is 43.4 Å². The Morgan fingerprint density at radius 1 is 0.955 bits per heavy atom. The zero-order valence-electron chi connectivity index (χ0n) is 24.8. The van der Waals surface area contributed by atoms with Crippen LogP contribution >= 0.6 is 12.6 Å². The maximum absolute atomic E-state index is 13.8. The van der Waals surface area contributed by atoms with E-state index in [1.54, 1.807) is 27.7 Å². The minimum atomic E-state index is -6.01. The molecule has 0 spiro atoms. The second-order valence-corrected chi connectivity index (χ2v) is 11.8. The minimum Gasteiger partial charge on any atom is -0.493 e. The first kappa shape index (κ1) is 35.7. The van der Waals surface area contributed by atoms with Crippen LogP contribution in [0.25, 0.3) is 0 Å². The first-order chi connectivity index (χ1) is 20.4. The van der Waals surface area contributed by atoms with Crippen LogP contribution in [0, 0.1) is 11.7 Å². The van der Waals surface area contributed by atoms with Crippen LogP contribution in [0.3, 0.4) is 0 Å². The molecule has 1 aliphatic heterocycles. The fraction of sp³-hybridized carbons (Fsp3) is 0.548. The van der Waals surface area contributed by atoms with Crippen LogP contribution in [-0.2, 0) is 33.4 Å². The number of ether oxygens (including phenoxy) is 1. The number of hydrogen-bond acceptors (Lipinski definition) is 5. The number of hydrogen-bond donors (Lipinski definition) is 2. The molecular formula is C31H36F7NO4S. The predicted molar refractivity (Wildman–Crippen MR) is 152 cm³/mol. The molecule has 0 aromatic heterocycles. The van der Waals surface area contributed by atoms with Gasteiger partial charge >= 0.3 is 12.4 Å². The average molecular weight is 652 g/mol. The number of halogens is 7. The summed E-state index contributed by atoms with van der Waals surface area (Å²) in [6, 6.07) is 5.47. The van der Waals surface area contributed by atoms with E-state index in [1.807, 2.05) is 0 Å². The van der Waals surface area contributed by atoms with Gasteiger partial charge in [-0.05, 0) is 73.6 Å². The Morgan fingerprint density at radius 3 is 1.98 bits per heavy atom. The lowest BCUT2D eigenvalue weighted by molar-refractivity contribution is -0.376. The first-order valence-corrected chi connectivity index (χ1v) is 14.8. The van der Waals surface area contributed by atoms with Gasteiger partial charge in [-0.2, -0.15) is 26.3 Å². The number of imide groups is 1. The van der Waals surface area contributed by atoms with Crippen molar-refractivity contribution in [3.05, 3.63) is 58.4 Å². The lowest BCUT2D eigenvalue weighted by Gasteiger charge is -2.33. The zero-order valence-corrected chi connectivity index (χ0v) is 25.7. The summed E-state index contributed by atoms with van der Waals surface area (Å²) >= 11 is 4.09. The van der Waals surface area contributed by atoms with Crippen LogP contribution in [0.15, 0.2) is 35.2 Å². The zero-order chi connectivity index (χ0) is 33.3. The molecule has 1 heterocycles. The van der Waals surface area contributed by atoms with E-state index in [-0.39, 0.29) is 47.8 Å². The molecule has 44 heavy (non-hydrogen) atoms. The molecule has 3 rings (SSSR count). The summed E-state index contributed by atoms with van der Waals surface area (Å²) in [5.74, 6) is -1.95. The first-order valence-electron chi connectivity index (χ1n) is 14.4. The number of aryl methyl sites for hydroxylation is 2. The van der Waals surface area contributed by atoms with Gasteiger partial charge in [-0.1, -0.05) is 39.7 Å². The third-order valence-electron chi connectivity index (χ3n) is 8.28. The minimum absolute atomic E-state index is 0.0135. The van der Waals surface area contributed by atoms with Crippen LogP contribution in [0.5, 0.6) is 5.75 Å². The summed E-state index contributed by atoms with van der Waals surface area (Å²) in [4.78, 5) is 27.6. The molecule has 2 amide bonds. The van der Waals surface area contributed by atoms with Crippen molar-refractivity contribution in [1.29, 1.82) is 0 Å². The lowest BCUT2D eigenvalue weighted by Crippen LogP contribution is -2.54. The lowest BCUT2D eigenvalue weighted by atomic mass is 9.74. The fourth-order valence-corrected chi connectivity index (χ4v) is 5.77. The van der Waals surface area contributed by atoms with Gasteiger partial charge in [0.2, 0.25) is 11.8 Å². The van der Waals surface area contributed by atoms with E-state index in [0.717, 1.165) is 4.90 Å². The number of carbonyl (C=O) groups excluding carboxylic acids is 2. The van der Waals surface area contributed by atoms with Gasteiger partial charge in [-0.15, -0.1) is 12.6 Å². The Bertz CT molecular complexity index is 1340. The van der Waals surface area contributed by atoms with Crippen molar-refractivity contribution in [2.75, 3.05) is 13.2 Å². The summed E-state index contributed by atoms with van der Waals surface area (Å²) in [5, 5.41) is 10.0. The molecule has 244 valence electrons. The maximum atomic E-state index is 13.8. The number of aliphatic hydroxyl groups is 1. The molecule has 0 aliphatic carbocycles. The average Bonchev–Trinajstić information content (AvgIpc) is 3.09. The highest BCUT2D eigenvalue weighted by molar-refractivity contribution is 7.80. The molecule has 1 unspecified atom stereocenters. The Morgan fingerprint density at radius 2 is 1.50 bits per heavy atom. The number of rotatable bonds is 12. The summed E-state index contributed by atoms with van der Waals surface area (Å²) in [6.07, 6.45) is -10.4. The van der Waals surface area contributed by atoms with Gasteiger partial charge in [0.25, 0.3) is 5.60 Å². The van der Waals surface area contributed by atoms with E-state index < -0.39 is 52.5 Å². The van der Waals surface area contributed by atoms with Crippen molar-refractivity contribution >= 4 is 24.4 Å². The highest BCUT2D eigenvalue weighted by atomic mass is 32.1. The molecule has 1 fully saturated rings. The quantitative estimate of drug-likeness (QED) is 0.108. The predicted octanol–water partition coefficient (Wildman–Crippen LogP) is 7.45. The van der Waals surface area contributed by atoms with Gasteiger partial charge in [0.15, 0.2) is 0 Å². The molecule has 0 radical (unpaired) electrons. The largest absolute Gasteiger partial charge is 0.493 e. The molecule has 2 aromatic carbocycles. The van der Waals surface area contributed by atoms with E-state index in [1.165, 1.54) is 18.2 Å². The molecule has 2 aromatic rings. The van der Waals surface area contributed by atoms with E-state index in [2.05, 4.69) is 12.6 Å². The standard InChI is InChI=1S/C31H36F7NO4S/c1-5-9-19-15-22(29(42,30(33,34)35)31(36,37)38)16-20(10-6-2)25(19)43-14-8-7-13-39-26(40)18(3)28(4,27(39)41)21-11-12-23(32)24(44)17-21/h11-12,15-18,42,44H,5-10,13-14H2,1-4H3/t18-,28?/m0/s1. The highest BCUT2D eigenvalue weighted by Crippen LogP contribution is 2.51. The van der Waals surface area contributed by atoms with E-state index in [9.17, 15) is 45.4 Å². The van der Waals surface area contributed by atoms with E-state index >= 15 is 0 Å². The fourth-order valence-electron chi connectivity index (χ4n) is 5.56. The van der Waals surface area contributed by atoms with Crippen LogP contribution in [-0.4, -0.2) is 47.3 Å². The second-order valence-electron chi connectivity index (χ2n) is 11.3. The topological polar surface area (TPSA) is 66.8 Å². The normalized spacial score (nSPS) is 19.7. The van der Waals surface area contributed by atoms with Gasteiger partial charge < -0.3 is 9.84 Å². The summed E-state index contributed by atoms with van der Waals surface area (Å²) in [5.41, 5.74) is -6.91. The van der Waals surface area contributed by atoms with Gasteiger partial charge in [0.1, 0.15) is 11.6 Å². The molecular weight excluding hydrogens is 615 g/mol. The molecule has 5 nitrogen and oxygen atoms in total. The molecule has 0 bridgehead atoms. The van der Waals surface area contributed by atoms with Crippen LogP contribution in [0.1, 0.15) is 75.6 Å². The molecule has 1 saturated heterocycles. The third-order valence-corrected chi connectivity index (χ3v) is 8.62. The summed E-state index contributed by atoms with van der Waals surface area (Å²) in [6.45, 7) is 6.73. The van der Waals surface area contributed by atoms with Crippen LogP contribution in [0.2, 0.25) is 0 Å². The molecule has 2 atom stereocenters. The second kappa shape index (κ2) is 13.3. The number of carbonyl (C=O) groups is 2. The number of nitrogens with zero attached hydrogens (tertiary/aromatic N) is 1. The van der Waals surface area contributed by atoms with Gasteiger partial charge in [0.05, 0.1) is 17.9 Å². The maximum Gasteiger partial charge on any atom is 0.430 e. The highest BCUT2D eigenvalue weighted by Gasteiger charge is 2.71. The van der Waals surface area contributed by atoms with E-state index in [4.69, 9.17) is 4.74 Å². The third kappa shape index (κ3) is 6.45. The Kier molecular flexibility index (Phi) is 10.8. The number of benzene rings is 2. The van der Waals surface area contributed by atoms with Gasteiger partial charge in [0, 0.05) is 17.0 Å². The molecule has 1 N–H and O–H groups in total. The van der Waals surface area contributed by atoms with Gasteiger partial charge in [-0.3, -0.25) is 14.5 Å². The smallest absolute Gasteiger partial charge is 0.430 e. The number of thiol groups is 1. The Hall–Kier alpha value is -2.80. The van der Waals surface area contributed by atoms with Gasteiger partial charge in [-0.25, -0.2) is 4.39 Å². The molecule has 13 heteroatoms.